The molecule has 2 amide bonds. The molecule has 3 aromatic rings. The lowest BCUT2D eigenvalue weighted by Crippen LogP contribution is -2.34. The number of carbonyl (C=O) groups excluding carboxylic acids is 2. The maximum atomic E-state index is 13.0. The van der Waals surface area contributed by atoms with E-state index in [0.29, 0.717) is 13.1 Å². The molecule has 4 rings (SSSR count). The van der Waals surface area contributed by atoms with Crippen LogP contribution in [0.2, 0.25) is 0 Å². The first-order valence-corrected chi connectivity index (χ1v) is 9.76. The van der Waals surface area contributed by atoms with E-state index in [2.05, 4.69) is 24.0 Å². The zero-order valence-corrected chi connectivity index (χ0v) is 16.3. The molecule has 0 saturated carbocycles. The highest BCUT2D eigenvalue weighted by Gasteiger charge is 2.37. The second-order valence-corrected chi connectivity index (χ2v) is 7.46. The Balaban J connectivity index is 1.46. The smallest absolute Gasteiger partial charge is 0.228 e. The number of amides is 2. The molecule has 2 aromatic carbocycles. The molecule has 0 radical (unpaired) electrons. The van der Waals surface area contributed by atoms with E-state index in [-0.39, 0.29) is 24.2 Å². The summed E-state index contributed by atoms with van der Waals surface area (Å²) in [6, 6.07) is 18.1. The first kappa shape index (κ1) is 18.3. The number of hydrogen-bond acceptors (Lipinski definition) is 2. The van der Waals surface area contributed by atoms with E-state index in [1.165, 1.54) is 0 Å². The van der Waals surface area contributed by atoms with Crippen molar-refractivity contribution in [3.63, 3.8) is 0 Å². The van der Waals surface area contributed by atoms with Crippen molar-refractivity contribution >= 4 is 28.4 Å². The average molecular weight is 375 g/mol. The zero-order chi connectivity index (χ0) is 19.7. The van der Waals surface area contributed by atoms with Crippen LogP contribution in [0.25, 0.3) is 10.9 Å². The second-order valence-electron chi connectivity index (χ2n) is 7.46. The predicted molar refractivity (Wildman–Crippen MR) is 111 cm³/mol. The molecular weight excluding hydrogens is 350 g/mol. The summed E-state index contributed by atoms with van der Waals surface area (Å²) in [7, 11) is 1.81. The molecule has 1 fully saturated rings. The lowest BCUT2D eigenvalue weighted by atomic mass is 10.1. The Morgan fingerprint density at radius 2 is 1.93 bits per heavy atom. The summed E-state index contributed by atoms with van der Waals surface area (Å²) in [5.74, 6) is -0.256. The Bertz CT molecular complexity index is 990. The number of nitrogens with zero attached hydrogens (tertiary/aromatic N) is 2. The van der Waals surface area contributed by atoms with Crippen molar-refractivity contribution in [2.24, 2.45) is 5.92 Å². The molecule has 1 aromatic heterocycles. The quantitative estimate of drug-likeness (QED) is 0.739. The minimum absolute atomic E-state index is 0.0171. The Kier molecular flexibility index (Phi) is 4.90. The highest BCUT2D eigenvalue weighted by Crippen LogP contribution is 2.29. The number of H-pyrrole nitrogens is 1. The topological polar surface area (TPSA) is 56.4 Å². The fourth-order valence-electron chi connectivity index (χ4n) is 4.04. The van der Waals surface area contributed by atoms with Crippen LogP contribution in [0.15, 0.2) is 54.6 Å². The molecule has 0 spiro atoms. The number of carbonyl (C=O) groups is 2. The summed E-state index contributed by atoms with van der Waals surface area (Å²) in [5.41, 5.74) is 4.13. The van der Waals surface area contributed by atoms with Crippen LogP contribution < -0.4 is 4.90 Å². The van der Waals surface area contributed by atoms with E-state index in [4.69, 9.17) is 0 Å². The van der Waals surface area contributed by atoms with Crippen LogP contribution in [0.4, 0.5) is 5.69 Å². The number of anilines is 1. The van der Waals surface area contributed by atoms with Gasteiger partial charge in [-0.05, 0) is 35.6 Å². The van der Waals surface area contributed by atoms with Gasteiger partial charge < -0.3 is 14.8 Å². The van der Waals surface area contributed by atoms with E-state index < -0.39 is 0 Å². The molecule has 0 bridgehead atoms. The monoisotopic (exact) mass is 375 g/mol. The van der Waals surface area contributed by atoms with Crippen molar-refractivity contribution in [2.75, 3.05) is 18.5 Å². The number of para-hydroxylation sites is 2. The predicted octanol–water partition coefficient (Wildman–Crippen LogP) is 3.74. The van der Waals surface area contributed by atoms with E-state index in [1.54, 1.807) is 16.8 Å². The molecule has 0 aliphatic carbocycles. The number of benzene rings is 2. The third kappa shape index (κ3) is 3.40. The van der Waals surface area contributed by atoms with Crippen LogP contribution in [0.1, 0.15) is 24.6 Å². The van der Waals surface area contributed by atoms with Crippen LogP contribution in [-0.2, 0) is 22.6 Å². The number of hydrogen-bond donors (Lipinski definition) is 1. The first-order chi connectivity index (χ1) is 13.6. The van der Waals surface area contributed by atoms with Crippen LogP contribution in [0.5, 0.6) is 0 Å². The van der Waals surface area contributed by atoms with E-state index in [9.17, 15) is 9.59 Å². The van der Waals surface area contributed by atoms with Gasteiger partial charge in [-0.15, -0.1) is 0 Å². The van der Waals surface area contributed by atoms with Gasteiger partial charge in [-0.3, -0.25) is 9.59 Å². The molecule has 5 heteroatoms. The summed E-state index contributed by atoms with van der Waals surface area (Å²) in [6.45, 7) is 3.03. The maximum absolute atomic E-state index is 13.0. The van der Waals surface area contributed by atoms with Crippen molar-refractivity contribution in [1.29, 1.82) is 0 Å². The van der Waals surface area contributed by atoms with E-state index >= 15 is 0 Å². The summed E-state index contributed by atoms with van der Waals surface area (Å²) in [5, 5.41) is 1.14. The number of fused-ring (bicyclic) bond motifs is 1. The highest BCUT2D eigenvalue weighted by atomic mass is 16.2. The van der Waals surface area contributed by atoms with Gasteiger partial charge in [0.2, 0.25) is 11.8 Å². The molecule has 5 nitrogen and oxygen atoms in total. The summed E-state index contributed by atoms with van der Waals surface area (Å²) in [6.07, 6.45) is 1.13. The van der Waals surface area contributed by atoms with Crippen LogP contribution >= 0.6 is 0 Å². The summed E-state index contributed by atoms with van der Waals surface area (Å²) in [4.78, 5) is 32.4. The molecule has 1 saturated heterocycles. The normalized spacial score (nSPS) is 16.7. The van der Waals surface area contributed by atoms with Crippen molar-refractivity contribution in [2.45, 2.75) is 26.3 Å². The maximum Gasteiger partial charge on any atom is 0.228 e. The van der Waals surface area contributed by atoms with Gasteiger partial charge in [0, 0.05) is 36.9 Å². The third-order valence-electron chi connectivity index (χ3n) is 5.51. The Morgan fingerprint density at radius 3 is 2.71 bits per heavy atom. The molecule has 1 aliphatic rings. The minimum atomic E-state index is -0.299. The zero-order valence-electron chi connectivity index (χ0n) is 16.3. The molecule has 1 atom stereocenters. The number of aromatic nitrogens is 1. The van der Waals surface area contributed by atoms with Gasteiger partial charge in [0.15, 0.2) is 0 Å². The van der Waals surface area contributed by atoms with E-state index in [0.717, 1.165) is 34.3 Å². The van der Waals surface area contributed by atoms with E-state index in [1.807, 2.05) is 42.5 Å². The number of rotatable bonds is 5. The number of aryl methyl sites for hydroxylation is 1. The van der Waals surface area contributed by atoms with Crippen LogP contribution in [0.3, 0.4) is 0 Å². The SMILES string of the molecule is CCc1ccccc1N1CC(C(=O)N(C)Cc2cc3ccccc3[nH]2)CC1=O. The average Bonchev–Trinajstić information content (AvgIpc) is 3.29. The molecule has 144 valence electrons. The van der Waals surface area contributed by atoms with Crippen LogP contribution in [0, 0.1) is 5.92 Å². The lowest BCUT2D eigenvalue weighted by molar-refractivity contribution is -0.135. The second kappa shape index (κ2) is 7.50. The van der Waals surface area contributed by atoms with Gasteiger partial charge in [0.05, 0.1) is 12.5 Å². The fourth-order valence-corrected chi connectivity index (χ4v) is 4.04. The van der Waals surface area contributed by atoms with Crippen LogP contribution in [-0.4, -0.2) is 35.3 Å². The Hall–Kier alpha value is -3.08. The summed E-state index contributed by atoms with van der Waals surface area (Å²) < 4.78 is 0. The van der Waals surface area contributed by atoms with Gasteiger partial charge in [0.25, 0.3) is 0 Å². The van der Waals surface area contributed by atoms with Gasteiger partial charge in [-0.1, -0.05) is 43.3 Å². The lowest BCUT2D eigenvalue weighted by Gasteiger charge is -2.22. The highest BCUT2D eigenvalue weighted by molar-refractivity contribution is 6.00. The first-order valence-electron chi connectivity index (χ1n) is 9.76. The fraction of sp³-hybridized carbons (Fsp3) is 0.304. The Labute approximate surface area is 165 Å². The van der Waals surface area contributed by atoms with Crippen molar-refractivity contribution in [1.82, 2.24) is 9.88 Å². The van der Waals surface area contributed by atoms with Gasteiger partial charge in [-0.2, -0.15) is 0 Å². The molecule has 1 aliphatic heterocycles. The summed E-state index contributed by atoms with van der Waals surface area (Å²) >= 11 is 0. The van der Waals surface area contributed by atoms with Gasteiger partial charge >= 0.3 is 0 Å². The van der Waals surface area contributed by atoms with Crippen molar-refractivity contribution in [3.8, 4) is 0 Å². The minimum Gasteiger partial charge on any atom is -0.357 e. The van der Waals surface area contributed by atoms with Gasteiger partial charge in [0.1, 0.15) is 0 Å². The number of nitrogens with one attached hydrogen (secondary N) is 1. The Morgan fingerprint density at radius 1 is 1.18 bits per heavy atom. The number of aromatic amines is 1. The largest absolute Gasteiger partial charge is 0.357 e. The molecule has 1 N–H and O–H groups in total. The molecule has 2 heterocycles. The van der Waals surface area contributed by atoms with Crippen molar-refractivity contribution in [3.05, 3.63) is 65.9 Å². The molecule has 1 unspecified atom stereocenters. The van der Waals surface area contributed by atoms with Gasteiger partial charge in [-0.25, -0.2) is 0 Å². The molecule has 28 heavy (non-hydrogen) atoms. The standard InChI is InChI=1S/C23H25N3O2/c1-3-16-8-5-7-11-21(16)26-14-18(13-22(26)27)23(28)25(2)15-19-12-17-9-4-6-10-20(17)24-19/h4-12,18,24H,3,13-15H2,1-2H3. The van der Waals surface area contributed by atoms with Crippen molar-refractivity contribution < 1.29 is 9.59 Å². The third-order valence-corrected chi connectivity index (χ3v) is 5.51. The molecular formula is C23H25N3O2.